The van der Waals surface area contributed by atoms with Crippen LogP contribution in [0.1, 0.15) is 39.0 Å². The number of rotatable bonds is 6. The molecule has 2 atom stereocenters. The monoisotopic (exact) mass is 227 g/mol. The van der Waals surface area contributed by atoms with Crippen LogP contribution in [0, 0.1) is 5.41 Å². The molecule has 0 aromatic carbocycles. The Kier molecular flexibility index (Phi) is 4.22. The Bertz CT molecular complexity index is 214. The van der Waals surface area contributed by atoms with Crippen molar-refractivity contribution in [2.24, 2.45) is 5.41 Å². The minimum Gasteiger partial charge on any atom is -0.379 e. The second-order valence-electron chi connectivity index (χ2n) is 5.07. The molecule has 16 heavy (non-hydrogen) atoms. The standard InChI is InChI=1S/C13H25NO2/c1-3-15-8-9-16-12-10-11(14-2)13(12)6-4-5-7-13/h11-12,14H,3-10H2,1-2H3. The normalized spacial score (nSPS) is 31.9. The highest BCUT2D eigenvalue weighted by atomic mass is 16.5. The van der Waals surface area contributed by atoms with Gasteiger partial charge in [0.1, 0.15) is 0 Å². The number of ether oxygens (including phenoxy) is 2. The first kappa shape index (κ1) is 12.3. The van der Waals surface area contributed by atoms with Crippen molar-refractivity contribution in [3.8, 4) is 0 Å². The largest absolute Gasteiger partial charge is 0.379 e. The lowest BCUT2D eigenvalue weighted by Crippen LogP contribution is -2.62. The molecule has 3 heteroatoms. The zero-order chi connectivity index (χ0) is 11.4. The Balaban J connectivity index is 1.78. The van der Waals surface area contributed by atoms with E-state index in [0.717, 1.165) is 19.8 Å². The minimum atomic E-state index is 0.459. The van der Waals surface area contributed by atoms with Gasteiger partial charge in [0.2, 0.25) is 0 Å². The molecule has 0 amide bonds. The third kappa shape index (κ3) is 2.13. The van der Waals surface area contributed by atoms with Gasteiger partial charge in [0.05, 0.1) is 19.3 Å². The molecule has 0 bridgehead atoms. The highest BCUT2D eigenvalue weighted by molar-refractivity contribution is 5.09. The predicted molar refractivity (Wildman–Crippen MR) is 64.6 cm³/mol. The van der Waals surface area contributed by atoms with Gasteiger partial charge >= 0.3 is 0 Å². The number of hydrogen-bond acceptors (Lipinski definition) is 3. The van der Waals surface area contributed by atoms with Gasteiger partial charge in [0, 0.05) is 18.1 Å². The van der Waals surface area contributed by atoms with Crippen LogP contribution in [0.15, 0.2) is 0 Å². The zero-order valence-electron chi connectivity index (χ0n) is 10.6. The van der Waals surface area contributed by atoms with Crippen molar-refractivity contribution in [3.63, 3.8) is 0 Å². The van der Waals surface area contributed by atoms with Gasteiger partial charge < -0.3 is 14.8 Å². The molecular weight excluding hydrogens is 202 g/mol. The summed E-state index contributed by atoms with van der Waals surface area (Å²) in [4.78, 5) is 0. The van der Waals surface area contributed by atoms with Crippen LogP contribution in [-0.4, -0.2) is 39.0 Å². The molecule has 2 fully saturated rings. The first-order valence-electron chi connectivity index (χ1n) is 6.70. The van der Waals surface area contributed by atoms with Gasteiger partial charge in [-0.25, -0.2) is 0 Å². The Labute approximate surface area is 98.9 Å². The van der Waals surface area contributed by atoms with E-state index in [2.05, 4.69) is 12.4 Å². The summed E-state index contributed by atoms with van der Waals surface area (Å²) in [5, 5.41) is 3.45. The van der Waals surface area contributed by atoms with E-state index in [0.29, 0.717) is 17.6 Å². The third-order valence-corrected chi connectivity index (χ3v) is 4.42. The molecule has 3 nitrogen and oxygen atoms in total. The van der Waals surface area contributed by atoms with Crippen LogP contribution in [0.2, 0.25) is 0 Å². The number of hydrogen-bond donors (Lipinski definition) is 1. The summed E-state index contributed by atoms with van der Waals surface area (Å²) in [6.07, 6.45) is 7.11. The molecule has 1 spiro atoms. The van der Waals surface area contributed by atoms with Crippen LogP contribution in [0.25, 0.3) is 0 Å². The fourth-order valence-corrected chi connectivity index (χ4v) is 3.48. The maximum Gasteiger partial charge on any atom is 0.0704 e. The average Bonchev–Trinajstić information content (AvgIpc) is 2.79. The molecular formula is C13H25NO2. The fourth-order valence-electron chi connectivity index (χ4n) is 3.48. The van der Waals surface area contributed by atoms with E-state index >= 15 is 0 Å². The van der Waals surface area contributed by atoms with E-state index in [9.17, 15) is 0 Å². The van der Waals surface area contributed by atoms with E-state index in [4.69, 9.17) is 9.47 Å². The molecule has 94 valence electrons. The van der Waals surface area contributed by atoms with Crippen LogP contribution in [0.3, 0.4) is 0 Å². The second kappa shape index (κ2) is 5.48. The maximum atomic E-state index is 5.98. The van der Waals surface area contributed by atoms with Gasteiger partial charge in [-0.05, 0) is 33.2 Å². The molecule has 0 aliphatic heterocycles. The molecule has 0 heterocycles. The van der Waals surface area contributed by atoms with Gasteiger partial charge in [0.15, 0.2) is 0 Å². The summed E-state index contributed by atoms with van der Waals surface area (Å²) in [5.41, 5.74) is 0.459. The maximum absolute atomic E-state index is 5.98. The molecule has 2 aliphatic rings. The molecule has 0 aromatic rings. The summed E-state index contributed by atoms with van der Waals surface area (Å²) in [5.74, 6) is 0. The van der Waals surface area contributed by atoms with E-state index in [1.165, 1.54) is 32.1 Å². The van der Waals surface area contributed by atoms with Crippen molar-refractivity contribution in [2.75, 3.05) is 26.9 Å². The molecule has 0 aromatic heterocycles. The van der Waals surface area contributed by atoms with Gasteiger partial charge in [-0.15, -0.1) is 0 Å². The van der Waals surface area contributed by atoms with Crippen LogP contribution in [0.4, 0.5) is 0 Å². The Hall–Kier alpha value is -0.120. The molecule has 2 aliphatic carbocycles. The third-order valence-electron chi connectivity index (χ3n) is 4.42. The topological polar surface area (TPSA) is 30.5 Å². The first-order chi connectivity index (χ1) is 7.83. The Morgan fingerprint density at radius 2 is 2.00 bits per heavy atom. The predicted octanol–water partition coefficient (Wildman–Crippen LogP) is 1.96. The summed E-state index contributed by atoms with van der Waals surface area (Å²) >= 11 is 0. The highest BCUT2D eigenvalue weighted by Gasteiger charge is 2.55. The van der Waals surface area contributed by atoms with Crippen molar-refractivity contribution in [2.45, 2.75) is 51.2 Å². The second-order valence-corrected chi connectivity index (χ2v) is 5.07. The van der Waals surface area contributed by atoms with Gasteiger partial charge in [-0.2, -0.15) is 0 Å². The van der Waals surface area contributed by atoms with E-state index in [1.54, 1.807) is 0 Å². The molecule has 1 N–H and O–H groups in total. The summed E-state index contributed by atoms with van der Waals surface area (Å²) < 4.78 is 11.3. The van der Waals surface area contributed by atoms with Crippen molar-refractivity contribution in [1.29, 1.82) is 0 Å². The Morgan fingerprint density at radius 3 is 2.62 bits per heavy atom. The number of nitrogens with one attached hydrogen (secondary N) is 1. The minimum absolute atomic E-state index is 0.459. The smallest absolute Gasteiger partial charge is 0.0704 e. The lowest BCUT2D eigenvalue weighted by atomic mass is 9.60. The van der Waals surface area contributed by atoms with Crippen LogP contribution in [0.5, 0.6) is 0 Å². The van der Waals surface area contributed by atoms with Crippen molar-refractivity contribution in [3.05, 3.63) is 0 Å². The van der Waals surface area contributed by atoms with Crippen molar-refractivity contribution < 1.29 is 9.47 Å². The van der Waals surface area contributed by atoms with Crippen LogP contribution >= 0.6 is 0 Å². The van der Waals surface area contributed by atoms with Gasteiger partial charge in [-0.3, -0.25) is 0 Å². The van der Waals surface area contributed by atoms with Crippen LogP contribution in [-0.2, 0) is 9.47 Å². The first-order valence-corrected chi connectivity index (χ1v) is 6.70. The van der Waals surface area contributed by atoms with Crippen molar-refractivity contribution in [1.82, 2.24) is 5.32 Å². The molecule has 2 rings (SSSR count). The van der Waals surface area contributed by atoms with E-state index in [-0.39, 0.29) is 0 Å². The summed E-state index contributed by atoms with van der Waals surface area (Å²) in [6, 6.07) is 0.687. The SMILES string of the molecule is CCOCCOC1CC(NC)C12CCCC2. The fraction of sp³-hybridized carbons (Fsp3) is 1.00. The van der Waals surface area contributed by atoms with Gasteiger partial charge in [-0.1, -0.05) is 12.8 Å². The summed E-state index contributed by atoms with van der Waals surface area (Å²) in [7, 11) is 2.08. The van der Waals surface area contributed by atoms with E-state index in [1.807, 2.05) is 6.92 Å². The molecule has 0 saturated heterocycles. The lowest BCUT2D eigenvalue weighted by molar-refractivity contribution is -0.139. The zero-order valence-corrected chi connectivity index (χ0v) is 10.6. The molecule has 0 radical (unpaired) electrons. The lowest BCUT2D eigenvalue weighted by Gasteiger charge is -2.54. The van der Waals surface area contributed by atoms with Gasteiger partial charge in [0.25, 0.3) is 0 Å². The molecule has 2 unspecified atom stereocenters. The summed E-state index contributed by atoms with van der Waals surface area (Å²) in [6.45, 7) is 4.32. The Morgan fingerprint density at radius 1 is 1.25 bits per heavy atom. The average molecular weight is 227 g/mol. The van der Waals surface area contributed by atoms with Crippen molar-refractivity contribution >= 4 is 0 Å². The quantitative estimate of drug-likeness (QED) is 0.704. The van der Waals surface area contributed by atoms with E-state index < -0.39 is 0 Å². The molecule has 2 saturated carbocycles. The van der Waals surface area contributed by atoms with Crippen LogP contribution < -0.4 is 5.32 Å². The highest BCUT2D eigenvalue weighted by Crippen LogP contribution is 2.54.